The molecule has 1 aliphatic rings. The summed E-state index contributed by atoms with van der Waals surface area (Å²) in [4.78, 5) is 29.7. The molecule has 9 heteroatoms. The average Bonchev–Trinajstić information content (AvgIpc) is 3.69. The molecule has 0 spiro atoms. The van der Waals surface area contributed by atoms with E-state index in [1.165, 1.54) is 29.1 Å². The fourth-order valence-electron chi connectivity index (χ4n) is 4.48. The van der Waals surface area contributed by atoms with Crippen molar-refractivity contribution in [3.8, 4) is 16.8 Å². The summed E-state index contributed by atoms with van der Waals surface area (Å²) in [5.41, 5.74) is 2.63. The molecule has 2 atom stereocenters. The standard InChI is InChI=1S/C28H22F3N3O3/c1-16(35)22-13-23(22)18-9-7-17(8-10-18)19-4-2-5-20(12-19)34-14-24(27(37)33-15-28(29,30)31)25(36)21-6-3-11-32-26(21)34/h2-12,14,22-23,35H,1,13,15H2,(H,33,37). The van der Waals surface area contributed by atoms with E-state index in [-0.39, 0.29) is 28.6 Å². The molecule has 2 heterocycles. The number of nitrogens with one attached hydrogen (secondary N) is 1. The molecule has 0 saturated heterocycles. The summed E-state index contributed by atoms with van der Waals surface area (Å²) in [6.07, 6.45) is -1.02. The second kappa shape index (κ2) is 9.24. The number of carbonyl (C=O) groups is 1. The van der Waals surface area contributed by atoms with E-state index in [0.717, 1.165) is 23.1 Å². The molecule has 5 rings (SSSR count). The minimum absolute atomic E-state index is 0.0953. The van der Waals surface area contributed by atoms with Gasteiger partial charge >= 0.3 is 6.18 Å². The highest BCUT2D eigenvalue weighted by atomic mass is 19.4. The molecule has 2 aromatic carbocycles. The van der Waals surface area contributed by atoms with E-state index in [1.807, 2.05) is 42.5 Å². The fourth-order valence-corrected chi connectivity index (χ4v) is 4.48. The van der Waals surface area contributed by atoms with Gasteiger partial charge in [-0.2, -0.15) is 13.2 Å². The van der Waals surface area contributed by atoms with E-state index < -0.39 is 29.6 Å². The number of carbonyl (C=O) groups excluding carboxylic acids is 1. The van der Waals surface area contributed by atoms with Crippen LogP contribution in [-0.2, 0) is 0 Å². The highest BCUT2D eigenvalue weighted by Gasteiger charge is 2.40. The van der Waals surface area contributed by atoms with Crippen molar-refractivity contribution in [1.29, 1.82) is 0 Å². The van der Waals surface area contributed by atoms with Gasteiger partial charge in [-0.15, -0.1) is 0 Å². The molecule has 6 nitrogen and oxygen atoms in total. The van der Waals surface area contributed by atoms with Gasteiger partial charge in [0.15, 0.2) is 0 Å². The van der Waals surface area contributed by atoms with Crippen LogP contribution < -0.4 is 10.7 Å². The van der Waals surface area contributed by atoms with E-state index in [0.29, 0.717) is 5.69 Å². The Kier molecular flexibility index (Phi) is 6.07. The molecule has 2 aromatic heterocycles. The minimum Gasteiger partial charge on any atom is -0.513 e. The van der Waals surface area contributed by atoms with Crippen molar-refractivity contribution in [2.45, 2.75) is 18.5 Å². The Bertz CT molecular complexity index is 1580. The number of benzene rings is 2. The number of aliphatic hydroxyl groups excluding tert-OH is 1. The molecule has 37 heavy (non-hydrogen) atoms. The summed E-state index contributed by atoms with van der Waals surface area (Å²) in [7, 11) is 0. The Morgan fingerprint density at radius 1 is 1.11 bits per heavy atom. The highest BCUT2D eigenvalue weighted by molar-refractivity contribution is 5.97. The molecule has 1 fully saturated rings. The Hall–Kier alpha value is -4.40. The van der Waals surface area contributed by atoms with Crippen LogP contribution in [-0.4, -0.2) is 33.3 Å². The maximum Gasteiger partial charge on any atom is 0.405 e. The quantitative estimate of drug-likeness (QED) is 0.338. The average molecular weight is 505 g/mol. The number of alkyl halides is 3. The van der Waals surface area contributed by atoms with Crippen LogP contribution in [0.15, 0.2) is 90.2 Å². The fraction of sp³-hybridized carbons (Fsp3) is 0.179. The van der Waals surface area contributed by atoms with Gasteiger partial charge in [-0.3, -0.25) is 9.59 Å². The molecule has 1 amide bonds. The number of hydrogen-bond acceptors (Lipinski definition) is 4. The minimum atomic E-state index is -4.61. The summed E-state index contributed by atoms with van der Waals surface area (Å²) in [5, 5.41) is 11.5. The van der Waals surface area contributed by atoms with E-state index in [2.05, 4.69) is 11.6 Å². The van der Waals surface area contributed by atoms with E-state index in [4.69, 9.17) is 0 Å². The van der Waals surface area contributed by atoms with Crippen molar-refractivity contribution in [3.63, 3.8) is 0 Å². The van der Waals surface area contributed by atoms with Crippen LogP contribution in [0.5, 0.6) is 0 Å². The maximum atomic E-state index is 12.9. The van der Waals surface area contributed by atoms with Crippen molar-refractivity contribution in [2.75, 3.05) is 6.54 Å². The molecule has 1 aliphatic carbocycles. The summed E-state index contributed by atoms with van der Waals surface area (Å²) >= 11 is 0. The van der Waals surface area contributed by atoms with Crippen LogP contribution in [0, 0.1) is 5.92 Å². The van der Waals surface area contributed by atoms with Gasteiger partial charge in [-0.05, 0) is 53.3 Å². The van der Waals surface area contributed by atoms with Gasteiger partial charge in [-0.25, -0.2) is 4.98 Å². The third kappa shape index (κ3) is 4.97. The number of halogens is 3. The number of pyridine rings is 2. The molecule has 0 aliphatic heterocycles. The van der Waals surface area contributed by atoms with Crippen LogP contribution >= 0.6 is 0 Å². The predicted molar refractivity (Wildman–Crippen MR) is 134 cm³/mol. The lowest BCUT2D eigenvalue weighted by Gasteiger charge is -2.14. The van der Waals surface area contributed by atoms with Crippen LogP contribution in [0.1, 0.15) is 28.3 Å². The van der Waals surface area contributed by atoms with Crippen molar-refractivity contribution < 1.29 is 23.1 Å². The topological polar surface area (TPSA) is 84.2 Å². The lowest BCUT2D eigenvalue weighted by atomic mass is 10.0. The molecule has 1 saturated carbocycles. The molecule has 4 aromatic rings. The van der Waals surface area contributed by atoms with Gasteiger partial charge in [0.05, 0.1) is 11.1 Å². The largest absolute Gasteiger partial charge is 0.513 e. The van der Waals surface area contributed by atoms with Crippen molar-refractivity contribution in [3.05, 3.63) is 107 Å². The van der Waals surface area contributed by atoms with Gasteiger partial charge in [0.25, 0.3) is 5.91 Å². The second-order valence-corrected chi connectivity index (χ2v) is 9.03. The molecular weight excluding hydrogens is 483 g/mol. The van der Waals surface area contributed by atoms with E-state index in [1.54, 1.807) is 11.4 Å². The summed E-state index contributed by atoms with van der Waals surface area (Å²) in [6.45, 7) is 2.07. The lowest BCUT2D eigenvalue weighted by molar-refractivity contribution is -0.123. The first-order valence-corrected chi connectivity index (χ1v) is 11.6. The van der Waals surface area contributed by atoms with Crippen molar-refractivity contribution in [2.24, 2.45) is 5.92 Å². The Labute approximate surface area is 209 Å². The Morgan fingerprint density at radius 2 is 1.86 bits per heavy atom. The van der Waals surface area contributed by atoms with Crippen LogP contribution in [0.3, 0.4) is 0 Å². The molecule has 188 valence electrons. The SMILES string of the molecule is C=C(O)C1CC1c1ccc(-c2cccc(-n3cc(C(=O)NCC(F)(F)F)c(=O)c4cccnc43)c2)cc1. The number of fused-ring (bicyclic) bond motifs is 1. The van der Waals surface area contributed by atoms with Gasteiger partial charge < -0.3 is 15.0 Å². The highest BCUT2D eigenvalue weighted by Crippen LogP contribution is 2.50. The van der Waals surface area contributed by atoms with Gasteiger partial charge in [0, 0.05) is 24.0 Å². The first-order valence-electron chi connectivity index (χ1n) is 11.6. The number of nitrogens with zero attached hydrogens (tertiary/aromatic N) is 2. The summed E-state index contributed by atoms with van der Waals surface area (Å²) in [5.74, 6) is -0.552. The summed E-state index contributed by atoms with van der Waals surface area (Å²) in [6, 6.07) is 18.3. The van der Waals surface area contributed by atoms with Gasteiger partial charge in [0.1, 0.15) is 17.8 Å². The van der Waals surface area contributed by atoms with Crippen molar-refractivity contribution >= 4 is 16.9 Å². The van der Waals surface area contributed by atoms with Crippen LogP contribution in [0.25, 0.3) is 27.8 Å². The Balaban J connectivity index is 1.52. The number of aromatic nitrogens is 2. The van der Waals surface area contributed by atoms with Crippen molar-refractivity contribution in [1.82, 2.24) is 14.9 Å². The molecule has 0 bridgehead atoms. The monoisotopic (exact) mass is 505 g/mol. The zero-order valence-electron chi connectivity index (χ0n) is 19.5. The smallest absolute Gasteiger partial charge is 0.405 e. The van der Waals surface area contributed by atoms with Crippen LogP contribution in [0.4, 0.5) is 13.2 Å². The van der Waals surface area contributed by atoms with E-state index in [9.17, 15) is 27.9 Å². The lowest BCUT2D eigenvalue weighted by Crippen LogP contribution is -2.36. The third-order valence-electron chi connectivity index (χ3n) is 6.47. The second-order valence-electron chi connectivity index (χ2n) is 9.03. The van der Waals surface area contributed by atoms with Crippen LogP contribution in [0.2, 0.25) is 0 Å². The number of aliphatic hydroxyl groups is 1. The maximum absolute atomic E-state index is 12.9. The van der Waals surface area contributed by atoms with E-state index >= 15 is 0 Å². The number of hydrogen-bond donors (Lipinski definition) is 2. The predicted octanol–water partition coefficient (Wildman–Crippen LogP) is 5.52. The first-order chi connectivity index (χ1) is 17.6. The number of amides is 1. The summed E-state index contributed by atoms with van der Waals surface area (Å²) < 4.78 is 39.4. The molecule has 2 unspecified atom stereocenters. The van der Waals surface area contributed by atoms with Gasteiger partial charge in [-0.1, -0.05) is 43.0 Å². The van der Waals surface area contributed by atoms with Gasteiger partial charge in [0.2, 0.25) is 5.43 Å². The molecule has 0 radical (unpaired) electrons. The zero-order valence-corrected chi connectivity index (χ0v) is 19.5. The molecule has 2 N–H and O–H groups in total. The molecular formula is C28H22F3N3O3. The Morgan fingerprint density at radius 3 is 2.54 bits per heavy atom. The number of allylic oxidation sites excluding steroid dienone is 1. The third-order valence-corrected chi connectivity index (χ3v) is 6.47. The first kappa shape index (κ1) is 24.3. The number of rotatable bonds is 6. The normalized spacial score (nSPS) is 16.9. The zero-order chi connectivity index (χ0) is 26.3.